The standard InChI is InChI=1S/C14H8ClN3O4/c15-9-3-1-2-8-4-6-11(16-13(8)9)17-14(19)10-5-7-12(22-10)18(20)21/h1-7H,(H,16,17,19). The third kappa shape index (κ3) is 2.61. The molecular weight excluding hydrogens is 310 g/mol. The van der Waals surface area contributed by atoms with Crippen LogP contribution in [-0.4, -0.2) is 15.8 Å². The van der Waals surface area contributed by atoms with Crippen molar-refractivity contribution in [2.45, 2.75) is 0 Å². The Bertz CT molecular complexity index is 891. The van der Waals surface area contributed by atoms with Crippen LogP contribution in [0.25, 0.3) is 10.9 Å². The van der Waals surface area contributed by atoms with Crippen molar-refractivity contribution >= 4 is 40.1 Å². The van der Waals surface area contributed by atoms with Crippen molar-refractivity contribution < 1.29 is 14.1 Å². The number of carbonyl (C=O) groups is 1. The van der Waals surface area contributed by atoms with Gasteiger partial charge in [-0.3, -0.25) is 14.9 Å². The summed E-state index contributed by atoms with van der Waals surface area (Å²) < 4.78 is 4.83. The normalized spacial score (nSPS) is 10.6. The van der Waals surface area contributed by atoms with E-state index < -0.39 is 16.7 Å². The van der Waals surface area contributed by atoms with Crippen molar-refractivity contribution in [2.75, 3.05) is 5.32 Å². The van der Waals surface area contributed by atoms with Gasteiger partial charge in [0, 0.05) is 5.39 Å². The molecule has 0 aliphatic rings. The molecule has 0 fully saturated rings. The monoisotopic (exact) mass is 317 g/mol. The predicted octanol–water partition coefficient (Wildman–Crippen LogP) is 3.64. The van der Waals surface area contributed by atoms with E-state index in [2.05, 4.69) is 10.3 Å². The Morgan fingerprint density at radius 3 is 2.77 bits per heavy atom. The largest absolute Gasteiger partial charge is 0.433 e. The van der Waals surface area contributed by atoms with Gasteiger partial charge in [-0.05, 0) is 24.3 Å². The molecule has 0 aliphatic carbocycles. The van der Waals surface area contributed by atoms with Crippen LogP contribution in [-0.2, 0) is 0 Å². The molecule has 22 heavy (non-hydrogen) atoms. The summed E-state index contributed by atoms with van der Waals surface area (Å²) in [5.41, 5.74) is 0.549. The number of rotatable bonds is 3. The van der Waals surface area contributed by atoms with E-state index in [0.717, 1.165) is 11.5 Å². The Morgan fingerprint density at radius 1 is 1.23 bits per heavy atom. The zero-order valence-corrected chi connectivity index (χ0v) is 11.7. The number of hydrogen-bond acceptors (Lipinski definition) is 5. The third-order valence-corrected chi connectivity index (χ3v) is 3.21. The van der Waals surface area contributed by atoms with E-state index in [-0.39, 0.29) is 11.6 Å². The molecule has 0 spiro atoms. The van der Waals surface area contributed by atoms with Gasteiger partial charge in [0.2, 0.25) is 0 Å². The Kier molecular flexibility index (Phi) is 3.48. The molecule has 2 heterocycles. The molecular formula is C14H8ClN3O4. The quantitative estimate of drug-likeness (QED) is 0.587. The average molecular weight is 318 g/mol. The zero-order chi connectivity index (χ0) is 15.7. The first-order chi connectivity index (χ1) is 10.5. The van der Waals surface area contributed by atoms with Crippen LogP contribution >= 0.6 is 11.6 Å². The maximum atomic E-state index is 12.0. The van der Waals surface area contributed by atoms with Crippen LogP contribution in [0.4, 0.5) is 11.7 Å². The van der Waals surface area contributed by atoms with Gasteiger partial charge in [-0.1, -0.05) is 23.7 Å². The van der Waals surface area contributed by atoms with Gasteiger partial charge in [0.15, 0.2) is 5.76 Å². The summed E-state index contributed by atoms with van der Waals surface area (Å²) in [6, 6.07) is 11.0. The van der Waals surface area contributed by atoms with E-state index in [4.69, 9.17) is 16.0 Å². The molecule has 1 N–H and O–H groups in total. The number of fused-ring (bicyclic) bond motifs is 1. The summed E-state index contributed by atoms with van der Waals surface area (Å²) in [7, 11) is 0. The first kappa shape index (κ1) is 14.0. The molecule has 7 nitrogen and oxygen atoms in total. The molecule has 0 radical (unpaired) electrons. The van der Waals surface area contributed by atoms with Gasteiger partial charge in [-0.15, -0.1) is 0 Å². The molecule has 0 unspecified atom stereocenters. The molecule has 0 atom stereocenters. The van der Waals surface area contributed by atoms with Crippen LogP contribution in [0.1, 0.15) is 10.6 Å². The van der Waals surface area contributed by atoms with E-state index >= 15 is 0 Å². The maximum absolute atomic E-state index is 12.0. The number of pyridine rings is 1. The zero-order valence-electron chi connectivity index (χ0n) is 10.9. The average Bonchev–Trinajstić information content (AvgIpc) is 2.98. The summed E-state index contributed by atoms with van der Waals surface area (Å²) in [6.45, 7) is 0. The lowest BCUT2D eigenvalue weighted by Crippen LogP contribution is -2.12. The first-order valence-electron chi connectivity index (χ1n) is 6.15. The van der Waals surface area contributed by atoms with Gasteiger partial charge in [0.25, 0.3) is 5.91 Å². The number of aromatic nitrogens is 1. The number of nitrogens with one attached hydrogen (secondary N) is 1. The smallest absolute Gasteiger partial charge is 0.395 e. The summed E-state index contributed by atoms with van der Waals surface area (Å²) >= 11 is 6.05. The Balaban J connectivity index is 1.87. The number of hydrogen-bond donors (Lipinski definition) is 1. The van der Waals surface area contributed by atoms with Gasteiger partial charge in [0.1, 0.15) is 10.7 Å². The minimum Gasteiger partial charge on any atom is -0.395 e. The number of anilines is 1. The summed E-state index contributed by atoms with van der Waals surface area (Å²) in [6.07, 6.45) is 0. The molecule has 1 aromatic carbocycles. The molecule has 8 heteroatoms. The van der Waals surface area contributed by atoms with Crippen molar-refractivity contribution in [2.24, 2.45) is 0 Å². The van der Waals surface area contributed by atoms with E-state index in [1.807, 2.05) is 6.07 Å². The van der Waals surface area contributed by atoms with Gasteiger partial charge < -0.3 is 9.73 Å². The van der Waals surface area contributed by atoms with E-state index in [0.29, 0.717) is 10.5 Å². The molecule has 110 valence electrons. The number of carbonyl (C=O) groups excluding carboxylic acids is 1. The molecule has 0 aliphatic heterocycles. The minimum atomic E-state index is -0.717. The number of furan rings is 1. The molecule has 0 bridgehead atoms. The second-order valence-electron chi connectivity index (χ2n) is 4.36. The van der Waals surface area contributed by atoms with Gasteiger partial charge in [-0.25, -0.2) is 4.98 Å². The lowest BCUT2D eigenvalue weighted by Gasteiger charge is -2.05. The highest BCUT2D eigenvalue weighted by Crippen LogP contribution is 2.23. The van der Waals surface area contributed by atoms with Gasteiger partial charge in [-0.2, -0.15) is 0 Å². The van der Waals surface area contributed by atoms with Crippen molar-refractivity contribution in [3.8, 4) is 0 Å². The second-order valence-corrected chi connectivity index (χ2v) is 4.76. The van der Waals surface area contributed by atoms with Crippen LogP contribution in [0.15, 0.2) is 46.9 Å². The summed E-state index contributed by atoms with van der Waals surface area (Å²) in [4.78, 5) is 26.0. The molecule has 0 saturated carbocycles. The number of para-hydroxylation sites is 1. The number of amides is 1. The minimum absolute atomic E-state index is 0.173. The van der Waals surface area contributed by atoms with E-state index in [1.165, 1.54) is 6.07 Å². The fourth-order valence-electron chi connectivity index (χ4n) is 1.91. The molecule has 0 saturated heterocycles. The van der Waals surface area contributed by atoms with Crippen molar-refractivity contribution in [1.82, 2.24) is 4.98 Å². The topological polar surface area (TPSA) is 98.3 Å². The van der Waals surface area contributed by atoms with Crippen molar-refractivity contribution in [3.05, 3.63) is 63.4 Å². The van der Waals surface area contributed by atoms with Crippen LogP contribution in [0.5, 0.6) is 0 Å². The van der Waals surface area contributed by atoms with Crippen molar-refractivity contribution in [1.29, 1.82) is 0 Å². The lowest BCUT2D eigenvalue weighted by molar-refractivity contribution is -0.402. The maximum Gasteiger partial charge on any atom is 0.433 e. The van der Waals surface area contributed by atoms with Crippen LogP contribution in [0, 0.1) is 10.1 Å². The van der Waals surface area contributed by atoms with E-state index in [1.54, 1.807) is 24.3 Å². The fraction of sp³-hybridized carbons (Fsp3) is 0. The van der Waals surface area contributed by atoms with Crippen LogP contribution < -0.4 is 5.32 Å². The van der Waals surface area contributed by atoms with Crippen molar-refractivity contribution in [3.63, 3.8) is 0 Å². The highest BCUT2D eigenvalue weighted by molar-refractivity contribution is 6.35. The summed E-state index contributed by atoms with van der Waals surface area (Å²) in [5, 5.41) is 14.3. The SMILES string of the molecule is O=C(Nc1ccc2cccc(Cl)c2n1)c1ccc([N+](=O)[O-])o1. The molecule has 3 rings (SSSR count). The molecule has 2 aromatic heterocycles. The van der Waals surface area contributed by atoms with E-state index in [9.17, 15) is 14.9 Å². The Hall–Kier alpha value is -2.93. The lowest BCUT2D eigenvalue weighted by atomic mass is 10.2. The Morgan fingerprint density at radius 2 is 2.05 bits per heavy atom. The van der Waals surface area contributed by atoms with Crippen LogP contribution in [0.3, 0.4) is 0 Å². The number of nitro groups is 1. The number of benzene rings is 1. The highest BCUT2D eigenvalue weighted by Gasteiger charge is 2.17. The number of nitrogens with zero attached hydrogens (tertiary/aromatic N) is 2. The third-order valence-electron chi connectivity index (χ3n) is 2.91. The van der Waals surface area contributed by atoms with Crippen LogP contribution in [0.2, 0.25) is 5.02 Å². The Labute approximate surface area is 128 Å². The summed E-state index contributed by atoms with van der Waals surface area (Å²) in [5.74, 6) is -1.04. The first-order valence-corrected chi connectivity index (χ1v) is 6.53. The number of halogens is 1. The fourth-order valence-corrected chi connectivity index (χ4v) is 2.13. The van der Waals surface area contributed by atoms with Gasteiger partial charge >= 0.3 is 5.88 Å². The highest BCUT2D eigenvalue weighted by atomic mass is 35.5. The molecule has 3 aromatic rings. The van der Waals surface area contributed by atoms with Gasteiger partial charge in [0.05, 0.1) is 16.6 Å². The predicted molar refractivity (Wildman–Crippen MR) is 80.1 cm³/mol. The second kappa shape index (κ2) is 5.45. The molecule has 1 amide bonds.